The highest BCUT2D eigenvalue weighted by molar-refractivity contribution is 9.10. The summed E-state index contributed by atoms with van der Waals surface area (Å²) in [6, 6.07) is 6.17. The Labute approximate surface area is 134 Å². The number of hydrogen-bond donors (Lipinski definition) is 0. The average molecular weight is 362 g/mol. The molecular formula is C16H22BrClO2. The summed E-state index contributed by atoms with van der Waals surface area (Å²) < 4.78 is 11.6. The molecule has 20 heavy (non-hydrogen) atoms. The van der Waals surface area contributed by atoms with Crippen molar-refractivity contribution < 1.29 is 9.47 Å². The van der Waals surface area contributed by atoms with E-state index in [0.29, 0.717) is 19.1 Å². The minimum atomic E-state index is 0.111. The summed E-state index contributed by atoms with van der Waals surface area (Å²) in [6.45, 7) is 1.15. The van der Waals surface area contributed by atoms with E-state index in [4.69, 9.17) is 21.1 Å². The van der Waals surface area contributed by atoms with Gasteiger partial charge in [0, 0.05) is 7.11 Å². The van der Waals surface area contributed by atoms with E-state index in [-0.39, 0.29) is 5.38 Å². The zero-order chi connectivity index (χ0) is 14.4. The Morgan fingerprint density at radius 1 is 1.25 bits per heavy atom. The topological polar surface area (TPSA) is 18.5 Å². The number of benzene rings is 1. The van der Waals surface area contributed by atoms with Crippen molar-refractivity contribution in [2.75, 3.05) is 20.3 Å². The lowest BCUT2D eigenvalue weighted by Gasteiger charge is -2.26. The Hall–Kier alpha value is -0.250. The van der Waals surface area contributed by atoms with Gasteiger partial charge in [-0.25, -0.2) is 0 Å². The molecule has 0 N–H and O–H groups in total. The van der Waals surface area contributed by atoms with Crippen molar-refractivity contribution in [2.45, 2.75) is 37.5 Å². The first-order chi connectivity index (χ1) is 9.72. The molecule has 1 fully saturated rings. The first-order valence-corrected chi connectivity index (χ1v) is 8.50. The zero-order valence-corrected chi connectivity index (χ0v) is 14.3. The van der Waals surface area contributed by atoms with Gasteiger partial charge in [-0.2, -0.15) is 0 Å². The largest absolute Gasteiger partial charge is 0.490 e. The highest BCUT2D eigenvalue weighted by atomic mass is 79.9. The van der Waals surface area contributed by atoms with E-state index >= 15 is 0 Å². The fourth-order valence-electron chi connectivity index (χ4n) is 2.74. The molecule has 1 aromatic carbocycles. The number of ether oxygens (including phenoxy) is 2. The van der Waals surface area contributed by atoms with Gasteiger partial charge in [0.2, 0.25) is 0 Å². The zero-order valence-electron chi connectivity index (χ0n) is 11.9. The molecule has 1 saturated carbocycles. The van der Waals surface area contributed by atoms with Crippen molar-refractivity contribution in [3.05, 3.63) is 28.2 Å². The quantitative estimate of drug-likeness (QED) is 0.503. The average Bonchev–Trinajstić information content (AvgIpc) is 2.49. The fraction of sp³-hybridized carbons (Fsp3) is 0.625. The molecule has 2 nitrogen and oxygen atoms in total. The van der Waals surface area contributed by atoms with Crippen LogP contribution in [0.3, 0.4) is 0 Å². The van der Waals surface area contributed by atoms with Gasteiger partial charge >= 0.3 is 0 Å². The van der Waals surface area contributed by atoms with Crippen LogP contribution in [-0.4, -0.2) is 20.3 Å². The Morgan fingerprint density at radius 2 is 2.00 bits per heavy atom. The van der Waals surface area contributed by atoms with Gasteiger partial charge in [0.05, 0.1) is 16.5 Å². The maximum Gasteiger partial charge on any atom is 0.133 e. The summed E-state index contributed by atoms with van der Waals surface area (Å²) >= 11 is 10.2. The third kappa shape index (κ3) is 4.37. The third-order valence-corrected chi connectivity index (χ3v) is 5.11. The highest BCUT2D eigenvalue weighted by Crippen LogP contribution is 2.40. The Kier molecular flexibility index (Phi) is 6.66. The molecule has 0 amide bonds. The molecular weight excluding hydrogens is 340 g/mol. The molecule has 0 bridgehead atoms. The summed E-state index contributed by atoms with van der Waals surface area (Å²) in [5, 5.41) is 0.111. The summed E-state index contributed by atoms with van der Waals surface area (Å²) in [5.41, 5.74) is 1.18. The number of halogens is 2. The lowest BCUT2D eigenvalue weighted by molar-refractivity contribution is 0.146. The molecule has 112 valence electrons. The van der Waals surface area contributed by atoms with Crippen LogP contribution in [0.1, 0.15) is 43.0 Å². The number of methoxy groups -OCH3 is 1. The van der Waals surface area contributed by atoms with Crippen LogP contribution in [0.15, 0.2) is 22.7 Å². The molecule has 0 heterocycles. The van der Waals surface area contributed by atoms with Crippen LogP contribution in [0.25, 0.3) is 0 Å². The van der Waals surface area contributed by atoms with Crippen LogP contribution in [-0.2, 0) is 4.74 Å². The molecule has 4 heteroatoms. The van der Waals surface area contributed by atoms with Gasteiger partial charge in [0.15, 0.2) is 0 Å². The van der Waals surface area contributed by atoms with Crippen LogP contribution in [0.4, 0.5) is 0 Å². The molecule has 1 aliphatic rings. The fourth-order valence-corrected chi connectivity index (χ4v) is 3.64. The lowest BCUT2D eigenvalue weighted by atomic mass is 9.84. The van der Waals surface area contributed by atoms with Crippen molar-refractivity contribution >= 4 is 27.5 Å². The van der Waals surface area contributed by atoms with E-state index < -0.39 is 0 Å². The molecule has 0 aliphatic heterocycles. The SMILES string of the molecule is COCCOc1ccc(C(Cl)C2CCCCC2)cc1Br. The smallest absolute Gasteiger partial charge is 0.133 e. The number of hydrogen-bond acceptors (Lipinski definition) is 2. The monoisotopic (exact) mass is 360 g/mol. The van der Waals surface area contributed by atoms with Gasteiger partial charge in [0.1, 0.15) is 12.4 Å². The minimum Gasteiger partial charge on any atom is -0.490 e. The molecule has 0 saturated heterocycles. The van der Waals surface area contributed by atoms with Crippen molar-refractivity contribution in [3.8, 4) is 5.75 Å². The van der Waals surface area contributed by atoms with Crippen molar-refractivity contribution in [2.24, 2.45) is 5.92 Å². The van der Waals surface area contributed by atoms with E-state index in [1.54, 1.807) is 7.11 Å². The minimum absolute atomic E-state index is 0.111. The second kappa shape index (κ2) is 8.26. The number of rotatable bonds is 6. The standard InChI is InChI=1S/C16H22BrClO2/c1-19-9-10-20-15-8-7-13(11-14(15)17)16(18)12-5-3-2-4-6-12/h7-8,11-12,16H,2-6,9-10H2,1H3. The van der Waals surface area contributed by atoms with Crippen LogP contribution in [0.5, 0.6) is 5.75 Å². The molecule has 0 aromatic heterocycles. The van der Waals surface area contributed by atoms with Crippen LogP contribution in [0.2, 0.25) is 0 Å². The maximum absolute atomic E-state index is 6.65. The Morgan fingerprint density at radius 3 is 2.65 bits per heavy atom. The first kappa shape index (κ1) is 16.1. The second-order valence-electron chi connectivity index (χ2n) is 5.33. The molecule has 0 spiro atoms. The summed E-state index contributed by atoms with van der Waals surface area (Å²) in [5.74, 6) is 1.45. The normalized spacial score (nSPS) is 17.9. The summed E-state index contributed by atoms with van der Waals surface area (Å²) in [6.07, 6.45) is 6.48. The number of alkyl halides is 1. The predicted molar refractivity (Wildman–Crippen MR) is 86.7 cm³/mol. The van der Waals surface area contributed by atoms with Gasteiger partial charge in [-0.15, -0.1) is 11.6 Å². The van der Waals surface area contributed by atoms with Crippen LogP contribution >= 0.6 is 27.5 Å². The van der Waals surface area contributed by atoms with Crippen molar-refractivity contribution in [1.29, 1.82) is 0 Å². The van der Waals surface area contributed by atoms with E-state index in [2.05, 4.69) is 28.1 Å². The molecule has 1 unspecified atom stereocenters. The third-order valence-electron chi connectivity index (χ3n) is 3.88. The predicted octanol–water partition coefficient (Wildman–Crippen LogP) is 5.33. The molecule has 2 rings (SSSR count). The molecule has 1 atom stereocenters. The van der Waals surface area contributed by atoms with Crippen LogP contribution < -0.4 is 4.74 Å². The summed E-state index contributed by atoms with van der Waals surface area (Å²) in [7, 11) is 1.67. The second-order valence-corrected chi connectivity index (χ2v) is 6.66. The van der Waals surface area contributed by atoms with Crippen LogP contribution in [0, 0.1) is 5.92 Å². The first-order valence-electron chi connectivity index (χ1n) is 7.27. The molecule has 1 aliphatic carbocycles. The maximum atomic E-state index is 6.65. The highest BCUT2D eigenvalue weighted by Gasteiger charge is 2.23. The van der Waals surface area contributed by atoms with Crippen molar-refractivity contribution in [3.63, 3.8) is 0 Å². The summed E-state index contributed by atoms with van der Waals surface area (Å²) in [4.78, 5) is 0. The van der Waals surface area contributed by atoms with Crippen molar-refractivity contribution in [1.82, 2.24) is 0 Å². The Bertz CT molecular complexity index is 419. The van der Waals surface area contributed by atoms with E-state index in [0.717, 1.165) is 10.2 Å². The van der Waals surface area contributed by atoms with Gasteiger partial charge in [-0.1, -0.05) is 25.3 Å². The lowest BCUT2D eigenvalue weighted by Crippen LogP contribution is -2.12. The Balaban J connectivity index is 1.99. The van der Waals surface area contributed by atoms with Gasteiger partial charge < -0.3 is 9.47 Å². The van der Waals surface area contributed by atoms with E-state index in [1.807, 2.05) is 6.07 Å². The molecule has 0 radical (unpaired) electrons. The van der Waals surface area contributed by atoms with Gasteiger partial charge in [-0.3, -0.25) is 0 Å². The van der Waals surface area contributed by atoms with E-state index in [1.165, 1.54) is 37.7 Å². The van der Waals surface area contributed by atoms with Gasteiger partial charge in [-0.05, 0) is 52.4 Å². The molecule has 1 aromatic rings. The van der Waals surface area contributed by atoms with Gasteiger partial charge in [0.25, 0.3) is 0 Å². The van der Waals surface area contributed by atoms with E-state index in [9.17, 15) is 0 Å².